The zero-order chi connectivity index (χ0) is 11.5. The summed E-state index contributed by atoms with van der Waals surface area (Å²) in [5, 5.41) is 8.87. The average molecular weight is 223 g/mol. The Bertz CT molecular complexity index is 372. The predicted octanol–water partition coefficient (Wildman–Crippen LogP) is 2.32. The molecule has 1 heterocycles. The van der Waals surface area contributed by atoms with E-state index in [2.05, 4.69) is 0 Å². The number of carboxylic acid groups (broad SMARTS) is 1. The van der Waals surface area contributed by atoms with E-state index in [1.165, 1.54) is 0 Å². The van der Waals surface area contributed by atoms with Gasteiger partial charge in [0.15, 0.2) is 0 Å². The van der Waals surface area contributed by atoms with Crippen LogP contribution in [0.1, 0.15) is 42.6 Å². The van der Waals surface area contributed by atoms with E-state index in [4.69, 9.17) is 9.84 Å². The van der Waals surface area contributed by atoms with Crippen LogP contribution in [-0.2, 0) is 4.74 Å². The molecule has 0 aliphatic heterocycles. The number of carboxylic acids is 1. The maximum absolute atomic E-state index is 10.8. The summed E-state index contributed by atoms with van der Waals surface area (Å²) >= 11 is 0. The van der Waals surface area contributed by atoms with Crippen LogP contribution < -0.4 is 0 Å². The number of ether oxygens (including phenoxy) is 1. The molecule has 0 aromatic carbocycles. The van der Waals surface area contributed by atoms with Crippen LogP contribution in [0.3, 0.4) is 0 Å². The molecule has 16 heavy (non-hydrogen) atoms. The molecule has 1 aliphatic rings. The van der Waals surface area contributed by atoms with E-state index in [0.717, 1.165) is 19.3 Å². The molecule has 4 nitrogen and oxygen atoms in total. The third kappa shape index (κ3) is 2.11. The number of rotatable bonds is 4. The normalized spacial score (nSPS) is 24.8. The standard InChI is InChI=1S/C12H17NO3/c1-2-16-11-5-3-4-10(11)13-7-6-9(8-13)12(14)15/h6-8,10-11H,2-5H2,1H3,(H,14,15)/t10-,11-/m1/s1. The molecule has 1 N–H and O–H groups in total. The molecule has 2 atom stereocenters. The van der Waals surface area contributed by atoms with Gasteiger partial charge in [0, 0.05) is 19.0 Å². The number of hydrogen-bond acceptors (Lipinski definition) is 2. The number of carbonyl (C=O) groups is 1. The van der Waals surface area contributed by atoms with Gasteiger partial charge in [0.2, 0.25) is 0 Å². The van der Waals surface area contributed by atoms with E-state index in [-0.39, 0.29) is 6.10 Å². The van der Waals surface area contributed by atoms with Crippen LogP contribution in [-0.4, -0.2) is 28.4 Å². The lowest BCUT2D eigenvalue weighted by Crippen LogP contribution is -2.21. The fraction of sp³-hybridized carbons (Fsp3) is 0.583. The van der Waals surface area contributed by atoms with Crippen LogP contribution in [0.25, 0.3) is 0 Å². The fourth-order valence-corrected chi connectivity index (χ4v) is 2.40. The van der Waals surface area contributed by atoms with Gasteiger partial charge < -0.3 is 14.4 Å². The molecule has 4 heteroatoms. The van der Waals surface area contributed by atoms with Crippen molar-refractivity contribution in [2.45, 2.75) is 38.3 Å². The minimum atomic E-state index is -0.871. The van der Waals surface area contributed by atoms with Crippen LogP contribution in [0.4, 0.5) is 0 Å². The van der Waals surface area contributed by atoms with Crippen molar-refractivity contribution in [3.63, 3.8) is 0 Å². The molecule has 0 spiro atoms. The number of nitrogens with zero attached hydrogens (tertiary/aromatic N) is 1. The molecular weight excluding hydrogens is 206 g/mol. The fourth-order valence-electron chi connectivity index (χ4n) is 2.40. The topological polar surface area (TPSA) is 51.5 Å². The zero-order valence-corrected chi connectivity index (χ0v) is 9.43. The van der Waals surface area contributed by atoms with Gasteiger partial charge in [-0.3, -0.25) is 0 Å². The van der Waals surface area contributed by atoms with E-state index < -0.39 is 5.97 Å². The van der Waals surface area contributed by atoms with E-state index in [1.807, 2.05) is 17.7 Å². The van der Waals surface area contributed by atoms with Crippen LogP contribution in [0, 0.1) is 0 Å². The van der Waals surface area contributed by atoms with Gasteiger partial charge in [-0.15, -0.1) is 0 Å². The Kier molecular flexibility index (Phi) is 3.29. The second-order valence-corrected chi connectivity index (χ2v) is 4.14. The summed E-state index contributed by atoms with van der Waals surface area (Å²) in [4.78, 5) is 10.8. The Morgan fingerprint density at radius 3 is 3.06 bits per heavy atom. The molecule has 2 rings (SSSR count). The summed E-state index contributed by atoms with van der Waals surface area (Å²) in [6, 6.07) is 1.94. The van der Waals surface area contributed by atoms with Crippen LogP contribution in [0.5, 0.6) is 0 Å². The first-order valence-corrected chi connectivity index (χ1v) is 5.74. The molecule has 1 aromatic rings. The highest BCUT2D eigenvalue weighted by Gasteiger charge is 2.29. The van der Waals surface area contributed by atoms with Crippen molar-refractivity contribution >= 4 is 5.97 Å². The van der Waals surface area contributed by atoms with Gasteiger partial charge in [-0.1, -0.05) is 0 Å². The first-order valence-electron chi connectivity index (χ1n) is 5.74. The smallest absolute Gasteiger partial charge is 0.337 e. The molecule has 1 fully saturated rings. The second-order valence-electron chi connectivity index (χ2n) is 4.14. The Hall–Kier alpha value is -1.29. The first-order chi connectivity index (χ1) is 7.72. The van der Waals surface area contributed by atoms with Crippen LogP contribution in [0.15, 0.2) is 18.5 Å². The number of aromatic nitrogens is 1. The van der Waals surface area contributed by atoms with Gasteiger partial charge in [-0.05, 0) is 32.3 Å². The van der Waals surface area contributed by atoms with Crippen molar-refractivity contribution in [2.24, 2.45) is 0 Å². The quantitative estimate of drug-likeness (QED) is 0.852. The highest BCUT2D eigenvalue weighted by molar-refractivity contribution is 5.87. The SMILES string of the molecule is CCO[C@@H]1CCC[C@H]1n1ccc(C(=O)O)c1. The van der Waals surface area contributed by atoms with Crippen molar-refractivity contribution in [2.75, 3.05) is 6.61 Å². The van der Waals surface area contributed by atoms with E-state index in [9.17, 15) is 4.79 Å². The minimum Gasteiger partial charge on any atom is -0.478 e. The third-order valence-corrected chi connectivity index (χ3v) is 3.14. The lowest BCUT2D eigenvalue weighted by atomic mass is 10.2. The van der Waals surface area contributed by atoms with Gasteiger partial charge >= 0.3 is 5.97 Å². The van der Waals surface area contributed by atoms with Gasteiger partial charge in [0.1, 0.15) is 0 Å². The minimum absolute atomic E-state index is 0.235. The Labute approximate surface area is 94.8 Å². The van der Waals surface area contributed by atoms with Crippen molar-refractivity contribution in [3.05, 3.63) is 24.0 Å². The van der Waals surface area contributed by atoms with Crippen LogP contribution in [0.2, 0.25) is 0 Å². The van der Waals surface area contributed by atoms with Crippen LogP contribution >= 0.6 is 0 Å². The first kappa shape index (κ1) is 11.2. The van der Waals surface area contributed by atoms with E-state index >= 15 is 0 Å². The summed E-state index contributed by atoms with van der Waals surface area (Å²) < 4.78 is 7.65. The number of hydrogen-bond donors (Lipinski definition) is 1. The molecule has 1 saturated carbocycles. The lowest BCUT2D eigenvalue weighted by molar-refractivity contribution is 0.0398. The summed E-state index contributed by atoms with van der Waals surface area (Å²) in [6.45, 7) is 2.71. The van der Waals surface area contributed by atoms with Crippen molar-refractivity contribution in [1.82, 2.24) is 4.57 Å². The summed E-state index contributed by atoms with van der Waals surface area (Å²) in [5.74, 6) is -0.871. The Morgan fingerprint density at radius 1 is 1.62 bits per heavy atom. The summed E-state index contributed by atoms with van der Waals surface area (Å²) in [5.41, 5.74) is 0.349. The highest BCUT2D eigenvalue weighted by atomic mass is 16.5. The lowest BCUT2D eigenvalue weighted by Gasteiger charge is -2.21. The average Bonchev–Trinajstić information content (AvgIpc) is 2.84. The molecular formula is C12H17NO3. The summed E-state index contributed by atoms with van der Waals surface area (Å²) in [7, 11) is 0. The molecule has 1 aliphatic carbocycles. The van der Waals surface area contributed by atoms with Crippen molar-refractivity contribution in [3.8, 4) is 0 Å². The largest absolute Gasteiger partial charge is 0.478 e. The number of aromatic carboxylic acids is 1. The van der Waals surface area contributed by atoms with Crippen molar-refractivity contribution in [1.29, 1.82) is 0 Å². The van der Waals surface area contributed by atoms with E-state index in [0.29, 0.717) is 18.2 Å². The van der Waals surface area contributed by atoms with E-state index in [1.54, 1.807) is 12.3 Å². The maximum atomic E-state index is 10.8. The summed E-state index contributed by atoms with van der Waals surface area (Å²) in [6.07, 6.45) is 7.06. The second kappa shape index (κ2) is 4.70. The van der Waals surface area contributed by atoms with Gasteiger partial charge in [0.25, 0.3) is 0 Å². The molecule has 0 saturated heterocycles. The van der Waals surface area contributed by atoms with Gasteiger partial charge in [0.05, 0.1) is 17.7 Å². The van der Waals surface area contributed by atoms with Gasteiger partial charge in [-0.25, -0.2) is 4.79 Å². The Morgan fingerprint density at radius 2 is 2.44 bits per heavy atom. The third-order valence-electron chi connectivity index (χ3n) is 3.14. The predicted molar refractivity (Wildman–Crippen MR) is 59.7 cm³/mol. The van der Waals surface area contributed by atoms with Gasteiger partial charge in [-0.2, -0.15) is 0 Å². The molecule has 0 amide bonds. The molecule has 0 radical (unpaired) electrons. The van der Waals surface area contributed by atoms with Crippen molar-refractivity contribution < 1.29 is 14.6 Å². The molecule has 1 aromatic heterocycles. The molecule has 88 valence electrons. The zero-order valence-electron chi connectivity index (χ0n) is 9.43. The molecule has 0 bridgehead atoms. The Balaban J connectivity index is 2.13. The monoisotopic (exact) mass is 223 g/mol. The molecule has 0 unspecified atom stereocenters. The maximum Gasteiger partial charge on any atom is 0.337 e. The highest BCUT2D eigenvalue weighted by Crippen LogP contribution is 2.32.